The number of aromatic hydroxyl groups is 1. The van der Waals surface area contributed by atoms with Crippen LogP contribution in [0.5, 0.6) is 5.75 Å². The van der Waals surface area contributed by atoms with Crippen molar-refractivity contribution < 1.29 is 19.4 Å². The summed E-state index contributed by atoms with van der Waals surface area (Å²) in [7, 11) is 0.500. The van der Waals surface area contributed by atoms with Gasteiger partial charge in [0.15, 0.2) is 0 Å². The molecule has 0 spiro atoms. The summed E-state index contributed by atoms with van der Waals surface area (Å²) in [4.78, 5) is 10.3. The van der Waals surface area contributed by atoms with Crippen LogP contribution in [0.15, 0.2) is 18.2 Å². The van der Waals surface area contributed by atoms with E-state index in [1.165, 1.54) is 12.1 Å². The van der Waals surface area contributed by atoms with Crippen molar-refractivity contribution in [2.75, 3.05) is 12.9 Å². The summed E-state index contributed by atoms with van der Waals surface area (Å²) in [5, 5.41) is 17.4. The average molecular weight is 187 g/mol. The van der Waals surface area contributed by atoms with Gasteiger partial charge >= 0.3 is 5.97 Å². The number of nitrogen functional groups attached to an aromatic ring is 1. The molecule has 0 fully saturated rings. The van der Waals surface area contributed by atoms with Gasteiger partial charge < -0.3 is 15.9 Å². The van der Waals surface area contributed by atoms with E-state index in [1.54, 1.807) is 0 Å². The fourth-order valence-corrected chi connectivity index (χ4v) is 0.758. The maximum atomic E-state index is 10.3. The van der Waals surface area contributed by atoms with Crippen LogP contribution in [0.25, 0.3) is 0 Å². The first-order valence-corrected chi connectivity index (χ1v) is 3.30. The maximum Gasteiger partial charge on any atom is 0.335 e. The van der Waals surface area contributed by atoms with Crippen molar-refractivity contribution in [1.82, 2.24) is 0 Å². The number of rotatable bonds is 1. The van der Waals surface area contributed by atoms with Crippen molar-refractivity contribution >= 4 is 11.7 Å². The highest BCUT2D eigenvalue weighted by molar-refractivity contribution is 5.89. The summed E-state index contributed by atoms with van der Waals surface area (Å²) in [6, 6.07) is 3.70. The molecule has 0 amide bonds. The fourth-order valence-electron chi connectivity index (χ4n) is 0.758. The third-order valence-corrected chi connectivity index (χ3v) is 1.19. The van der Waals surface area contributed by atoms with Gasteiger partial charge in [0.2, 0.25) is 0 Å². The lowest BCUT2D eigenvalue weighted by atomic mass is 10.2. The molecule has 0 saturated heterocycles. The SMILES string of the molecule is CF.Nc1cc(O)cc(C(=O)O)c1. The molecule has 0 saturated carbocycles. The lowest BCUT2D eigenvalue weighted by Gasteiger charge is -1.97. The van der Waals surface area contributed by atoms with Crippen molar-refractivity contribution in [2.45, 2.75) is 0 Å². The number of benzene rings is 1. The zero-order chi connectivity index (χ0) is 10.4. The van der Waals surface area contributed by atoms with Gasteiger partial charge in [-0.15, -0.1) is 0 Å². The van der Waals surface area contributed by atoms with Crippen LogP contribution in [-0.4, -0.2) is 23.4 Å². The van der Waals surface area contributed by atoms with Crippen LogP contribution in [0, 0.1) is 0 Å². The number of carboxylic acids is 1. The van der Waals surface area contributed by atoms with Gasteiger partial charge in [-0.25, -0.2) is 4.79 Å². The van der Waals surface area contributed by atoms with Crippen LogP contribution < -0.4 is 5.73 Å². The minimum atomic E-state index is -1.10. The highest BCUT2D eigenvalue weighted by Gasteiger charge is 2.03. The van der Waals surface area contributed by atoms with E-state index in [2.05, 4.69) is 0 Å². The zero-order valence-electron chi connectivity index (χ0n) is 6.99. The molecular weight excluding hydrogens is 177 g/mol. The molecule has 4 N–H and O–H groups in total. The molecule has 0 aromatic heterocycles. The molecule has 5 heteroatoms. The summed E-state index contributed by atoms with van der Waals surface area (Å²) < 4.78 is 9.50. The Morgan fingerprint density at radius 1 is 1.38 bits per heavy atom. The largest absolute Gasteiger partial charge is 0.508 e. The predicted molar refractivity (Wildman–Crippen MR) is 46.5 cm³/mol. The summed E-state index contributed by atoms with van der Waals surface area (Å²) in [5.41, 5.74) is 5.50. The molecule has 0 atom stereocenters. The molecule has 0 unspecified atom stereocenters. The number of phenolic OH excluding ortho intramolecular Hbond substituents is 1. The van der Waals surface area contributed by atoms with Crippen LogP contribution in [-0.2, 0) is 0 Å². The van der Waals surface area contributed by atoms with Crippen molar-refractivity contribution in [3.05, 3.63) is 23.8 Å². The van der Waals surface area contributed by atoms with Gasteiger partial charge in [-0.3, -0.25) is 4.39 Å². The first kappa shape index (κ1) is 11.2. The van der Waals surface area contributed by atoms with Crippen LogP contribution in [0.3, 0.4) is 0 Å². The predicted octanol–water partition coefficient (Wildman–Crippen LogP) is 1.26. The van der Waals surface area contributed by atoms with E-state index in [0.717, 1.165) is 6.07 Å². The second-order valence-corrected chi connectivity index (χ2v) is 2.12. The molecule has 0 aliphatic carbocycles. The monoisotopic (exact) mass is 187 g/mol. The molecule has 4 nitrogen and oxygen atoms in total. The third kappa shape index (κ3) is 3.42. The number of hydrogen-bond acceptors (Lipinski definition) is 3. The lowest BCUT2D eigenvalue weighted by Crippen LogP contribution is -1.97. The second-order valence-electron chi connectivity index (χ2n) is 2.12. The quantitative estimate of drug-likeness (QED) is 0.578. The first-order chi connectivity index (χ1) is 6.09. The number of aromatic carboxylic acids is 1. The Balaban J connectivity index is 0.000000671. The minimum Gasteiger partial charge on any atom is -0.508 e. The van der Waals surface area contributed by atoms with E-state index >= 15 is 0 Å². The number of alkyl halides is 1. The van der Waals surface area contributed by atoms with Crippen molar-refractivity contribution in [3.63, 3.8) is 0 Å². The summed E-state index contributed by atoms with van der Waals surface area (Å²) >= 11 is 0. The molecule has 0 heterocycles. The van der Waals surface area contributed by atoms with Crippen LogP contribution in [0.1, 0.15) is 10.4 Å². The Bertz CT molecular complexity index is 281. The lowest BCUT2D eigenvalue weighted by molar-refractivity contribution is 0.0696. The maximum absolute atomic E-state index is 10.3. The Kier molecular flexibility index (Phi) is 4.29. The van der Waals surface area contributed by atoms with Gasteiger partial charge in [0.1, 0.15) is 5.75 Å². The number of anilines is 1. The number of halogens is 1. The standard InChI is InChI=1S/C7H7NO3.CH3F/c8-5-1-4(7(10)11)2-6(9)3-5;1-2/h1-3,9H,8H2,(H,10,11);1H3. The van der Waals surface area contributed by atoms with E-state index in [9.17, 15) is 9.18 Å². The molecule has 13 heavy (non-hydrogen) atoms. The molecule has 1 aromatic rings. The van der Waals surface area contributed by atoms with E-state index in [-0.39, 0.29) is 17.0 Å². The van der Waals surface area contributed by atoms with Crippen LogP contribution in [0.2, 0.25) is 0 Å². The third-order valence-electron chi connectivity index (χ3n) is 1.19. The highest BCUT2D eigenvalue weighted by atomic mass is 19.1. The highest BCUT2D eigenvalue weighted by Crippen LogP contribution is 2.16. The van der Waals surface area contributed by atoms with E-state index in [1.807, 2.05) is 0 Å². The van der Waals surface area contributed by atoms with Gasteiger partial charge in [0, 0.05) is 11.8 Å². The minimum absolute atomic E-state index is 0.0116. The van der Waals surface area contributed by atoms with E-state index in [0.29, 0.717) is 7.18 Å². The zero-order valence-corrected chi connectivity index (χ0v) is 6.99. The van der Waals surface area contributed by atoms with Crippen molar-refractivity contribution in [1.29, 1.82) is 0 Å². The number of nitrogens with two attached hydrogens (primary N) is 1. The Labute approximate surface area is 74.4 Å². The Morgan fingerprint density at radius 3 is 2.31 bits per heavy atom. The number of hydrogen-bond donors (Lipinski definition) is 3. The molecule has 0 bridgehead atoms. The summed E-state index contributed by atoms with van der Waals surface area (Å²) in [6.07, 6.45) is 0. The van der Waals surface area contributed by atoms with E-state index < -0.39 is 5.97 Å². The van der Waals surface area contributed by atoms with Crippen LogP contribution in [0.4, 0.5) is 10.1 Å². The van der Waals surface area contributed by atoms with Crippen LogP contribution >= 0.6 is 0 Å². The Hall–Kier alpha value is -1.78. The Morgan fingerprint density at radius 2 is 1.92 bits per heavy atom. The van der Waals surface area contributed by atoms with Gasteiger partial charge in [-0.1, -0.05) is 0 Å². The van der Waals surface area contributed by atoms with Crippen molar-refractivity contribution in [3.8, 4) is 5.75 Å². The molecular formula is C8H10FNO3. The smallest absolute Gasteiger partial charge is 0.335 e. The molecule has 0 aliphatic rings. The van der Waals surface area contributed by atoms with Gasteiger partial charge in [0.25, 0.3) is 0 Å². The van der Waals surface area contributed by atoms with Gasteiger partial charge in [-0.05, 0) is 12.1 Å². The summed E-state index contributed by atoms with van der Waals surface area (Å²) in [5.74, 6) is -1.24. The molecule has 72 valence electrons. The molecule has 0 radical (unpaired) electrons. The molecule has 1 rings (SSSR count). The number of carbonyl (C=O) groups is 1. The normalized spacial score (nSPS) is 8.46. The molecule has 0 aliphatic heterocycles. The van der Waals surface area contributed by atoms with Crippen molar-refractivity contribution in [2.24, 2.45) is 0 Å². The summed E-state index contributed by atoms with van der Waals surface area (Å²) in [6.45, 7) is 0. The van der Waals surface area contributed by atoms with Gasteiger partial charge in [0.05, 0.1) is 12.7 Å². The second kappa shape index (κ2) is 4.97. The first-order valence-electron chi connectivity index (χ1n) is 3.30. The average Bonchev–Trinajstić information content (AvgIpc) is 2.06. The van der Waals surface area contributed by atoms with Gasteiger partial charge in [-0.2, -0.15) is 0 Å². The fraction of sp³-hybridized carbons (Fsp3) is 0.125. The van der Waals surface area contributed by atoms with E-state index in [4.69, 9.17) is 15.9 Å². The number of phenols is 1. The topological polar surface area (TPSA) is 83.5 Å². The molecule has 1 aromatic carbocycles. The number of carboxylic acid groups (broad SMARTS) is 1.